The lowest BCUT2D eigenvalue weighted by Crippen LogP contribution is -2.13. The van der Waals surface area contributed by atoms with Crippen molar-refractivity contribution in [1.82, 2.24) is 4.98 Å². The Balaban J connectivity index is 1.94. The Morgan fingerprint density at radius 1 is 1.17 bits per heavy atom. The van der Waals surface area contributed by atoms with Crippen LogP contribution in [0.15, 0.2) is 42.6 Å². The van der Waals surface area contributed by atoms with E-state index in [2.05, 4.69) is 10.3 Å². The molecule has 9 heteroatoms. The van der Waals surface area contributed by atoms with Crippen LogP contribution in [0.1, 0.15) is 17.3 Å². The maximum atomic E-state index is 11.7. The minimum atomic E-state index is -0.629. The number of primary amides is 1. The van der Waals surface area contributed by atoms with Gasteiger partial charge in [0.05, 0.1) is 35.5 Å². The Morgan fingerprint density at radius 3 is 2.62 bits per heavy atom. The van der Waals surface area contributed by atoms with E-state index in [0.717, 1.165) is 0 Å². The summed E-state index contributed by atoms with van der Waals surface area (Å²) in [6.07, 6.45) is 0.968. The second-order valence-electron chi connectivity index (χ2n) is 5.83. The molecule has 150 valence electrons. The number of hydrogen-bond donors (Lipinski definition) is 2. The summed E-state index contributed by atoms with van der Waals surface area (Å²) in [6, 6.07) is 9.61. The third-order valence-corrected chi connectivity index (χ3v) is 4.28. The molecule has 0 spiro atoms. The number of nitrogens with two attached hydrogens (primary N) is 1. The topological polar surface area (TPSA) is 113 Å². The Kier molecular flexibility index (Phi) is 6.04. The van der Waals surface area contributed by atoms with Gasteiger partial charge in [0.15, 0.2) is 0 Å². The maximum absolute atomic E-state index is 11.7. The van der Waals surface area contributed by atoms with Gasteiger partial charge >= 0.3 is 6.09 Å². The molecule has 2 aromatic carbocycles. The summed E-state index contributed by atoms with van der Waals surface area (Å²) < 4.78 is 16.0. The van der Waals surface area contributed by atoms with Crippen molar-refractivity contribution in [2.45, 2.75) is 6.92 Å². The van der Waals surface area contributed by atoms with Crippen LogP contribution in [0, 0.1) is 0 Å². The highest BCUT2D eigenvalue weighted by Gasteiger charge is 2.15. The molecule has 2 amide bonds. The fourth-order valence-corrected chi connectivity index (χ4v) is 2.88. The SMILES string of the molecule is CCOC(=O)Nc1ccc(Oc2ccnc3cc(OC)c(C(N)=O)cc23)cc1Cl. The van der Waals surface area contributed by atoms with Crippen LogP contribution in [0.5, 0.6) is 17.2 Å². The Hall–Kier alpha value is -3.52. The Morgan fingerprint density at radius 2 is 1.97 bits per heavy atom. The average molecular weight is 416 g/mol. The number of nitrogens with zero attached hydrogens (tertiary/aromatic N) is 1. The molecule has 0 aliphatic carbocycles. The van der Waals surface area contributed by atoms with Gasteiger partial charge in [0.25, 0.3) is 5.91 Å². The molecule has 0 fully saturated rings. The first-order chi connectivity index (χ1) is 13.9. The number of carbonyl (C=O) groups excluding carboxylic acids is 2. The molecule has 0 bridgehead atoms. The molecule has 29 heavy (non-hydrogen) atoms. The van der Waals surface area contributed by atoms with Gasteiger partial charge in [-0.3, -0.25) is 15.1 Å². The van der Waals surface area contributed by atoms with Crippen molar-refractivity contribution < 1.29 is 23.8 Å². The number of nitrogens with one attached hydrogen (secondary N) is 1. The number of fused-ring (bicyclic) bond motifs is 1. The average Bonchev–Trinajstić information content (AvgIpc) is 2.69. The smallest absolute Gasteiger partial charge is 0.411 e. The highest BCUT2D eigenvalue weighted by molar-refractivity contribution is 6.33. The Labute approximate surface area is 171 Å². The quantitative estimate of drug-likeness (QED) is 0.618. The number of amides is 2. The number of benzene rings is 2. The number of rotatable bonds is 6. The van der Waals surface area contributed by atoms with Gasteiger partial charge in [0.2, 0.25) is 0 Å². The second kappa shape index (κ2) is 8.66. The monoisotopic (exact) mass is 415 g/mol. The van der Waals surface area contributed by atoms with Crippen molar-refractivity contribution in [2.75, 3.05) is 19.0 Å². The number of aromatic nitrogens is 1. The number of anilines is 1. The van der Waals surface area contributed by atoms with Gasteiger partial charge in [-0.15, -0.1) is 0 Å². The normalized spacial score (nSPS) is 10.4. The largest absolute Gasteiger partial charge is 0.496 e. The molecule has 1 heterocycles. The lowest BCUT2D eigenvalue weighted by atomic mass is 10.1. The van der Waals surface area contributed by atoms with Crippen molar-refractivity contribution in [3.8, 4) is 17.2 Å². The van der Waals surface area contributed by atoms with E-state index in [0.29, 0.717) is 33.8 Å². The third kappa shape index (κ3) is 4.49. The summed E-state index contributed by atoms with van der Waals surface area (Å²) >= 11 is 6.22. The van der Waals surface area contributed by atoms with Crippen LogP contribution in [0.2, 0.25) is 5.02 Å². The summed E-state index contributed by atoms with van der Waals surface area (Å²) in [6.45, 7) is 1.95. The van der Waals surface area contributed by atoms with Gasteiger partial charge in [-0.05, 0) is 31.2 Å². The third-order valence-electron chi connectivity index (χ3n) is 3.97. The van der Waals surface area contributed by atoms with Gasteiger partial charge in [0, 0.05) is 23.7 Å². The molecule has 0 saturated carbocycles. The standard InChI is InChI=1S/C20H18ClN3O5/c1-3-28-20(26)24-15-5-4-11(8-14(15)21)29-17-6-7-23-16-10-18(27-2)13(19(22)25)9-12(16)17/h4-10H,3H2,1-2H3,(H2,22,25)(H,24,26). The van der Waals surface area contributed by atoms with Crippen LogP contribution in [-0.2, 0) is 4.74 Å². The van der Waals surface area contributed by atoms with E-state index in [1.54, 1.807) is 49.5 Å². The molecule has 0 radical (unpaired) electrons. The summed E-state index contributed by atoms with van der Waals surface area (Å²) in [5, 5.41) is 3.39. The minimum absolute atomic E-state index is 0.213. The second-order valence-corrected chi connectivity index (χ2v) is 6.24. The maximum Gasteiger partial charge on any atom is 0.411 e. The predicted octanol–water partition coefficient (Wildman–Crippen LogP) is 4.36. The van der Waals surface area contributed by atoms with Crippen molar-refractivity contribution in [3.63, 3.8) is 0 Å². The molecular weight excluding hydrogens is 398 g/mol. The molecule has 0 unspecified atom stereocenters. The van der Waals surface area contributed by atoms with E-state index < -0.39 is 12.0 Å². The van der Waals surface area contributed by atoms with E-state index in [9.17, 15) is 9.59 Å². The molecule has 0 atom stereocenters. The Bertz CT molecular complexity index is 1090. The fourth-order valence-electron chi connectivity index (χ4n) is 2.66. The number of carbonyl (C=O) groups is 2. The van der Waals surface area contributed by atoms with Crippen LogP contribution in [0.4, 0.5) is 10.5 Å². The molecule has 3 aromatic rings. The van der Waals surface area contributed by atoms with E-state index in [4.69, 9.17) is 31.5 Å². The number of pyridine rings is 1. The number of halogens is 1. The van der Waals surface area contributed by atoms with E-state index in [1.165, 1.54) is 7.11 Å². The van der Waals surface area contributed by atoms with Gasteiger partial charge in [-0.25, -0.2) is 4.79 Å². The highest BCUT2D eigenvalue weighted by atomic mass is 35.5. The van der Waals surface area contributed by atoms with Crippen LogP contribution >= 0.6 is 11.6 Å². The molecular formula is C20H18ClN3O5. The van der Waals surface area contributed by atoms with Crippen molar-refractivity contribution in [3.05, 3.63) is 53.2 Å². The van der Waals surface area contributed by atoms with Crippen molar-refractivity contribution in [2.24, 2.45) is 5.73 Å². The molecule has 8 nitrogen and oxygen atoms in total. The summed E-state index contributed by atoms with van der Waals surface area (Å²) in [5.41, 5.74) is 6.60. The first-order valence-electron chi connectivity index (χ1n) is 8.60. The van der Waals surface area contributed by atoms with E-state index in [-0.39, 0.29) is 17.2 Å². The molecule has 0 aliphatic rings. The summed E-state index contributed by atoms with van der Waals surface area (Å²) in [7, 11) is 1.45. The van der Waals surface area contributed by atoms with Gasteiger partial charge in [-0.1, -0.05) is 11.6 Å². The lowest BCUT2D eigenvalue weighted by molar-refractivity contribution is 0.0997. The van der Waals surface area contributed by atoms with Gasteiger partial charge < -0.3 is 19.9 Å². The zero-order chi connectivity index (χ0) is 21.0. The van der Waals surface area contributed by atoms with Gasteiger partial charge in [-0.2, -0.15) is 0 Å². The van der Waals surface area contributed by atoms with Crippen molar-refractivity contribution >= 4 is 40.2 Å². The summed E-state index contributed by atoms with van der Waals surface area (Å²) in [5.74, 6) is 0.568. The van der Waals surface area contributed by atoms with Crippen LogP contribution < -0.4 is 20.5 Å². The lowest BCUT2D eigenvalue weighted by Gasteiger charge is -2.13. The molecule has 3 rings (SSSR count). The highest BCUT2D eigenvalue weighted by Crippen LogP contribution is 2.35. The minimum Gasteiger partial charge on any atom is -0.496 e. The van der Waals surface area contributed by atoms with Crippen molar-refractivity contribution in [1.29, 1.82) is 0 Å². The molecule has 0 saturated heterocycles. The van der Waals surface area contributed by atoms with Crippen LogP contribution in [0.3, 0.4) is 0 Å². The predicted molar refractivity (Wildman–Crippen MR) is 109 cm³/mol. The van der Waals surface area contributed by atoms with Gasteiger partial charge in [0.1, 0.15) is 17.2 Å². The van der Waals surface area contributed by atoms with E-state index in [1.807, 2.05) is 0 Å². The number of hydrogen-bond acceptors (Lipinski definition) is 6. The molecule has 3 N–H and O–H groups in total. The first kappa shape index (κ1) is 20.2. The summed E-state index contributed by atoms with van der Waals surface area (Å²) in [4.78, 5) is 27.6. The zero-order valence-corrected chi connectivity index (χ0v) is 16.4. The number of methoxy groups -OCH3 is 1. The van der Waals surface area contributed by atoms with Crippen LogP contribution in [-0.4, -0.2) is 30.7 Å². The molecule has 1 aromatic heterocycles. The van der Waals surface area contributed by atoms with Crippen LogP contribution in [0.25, 0.3) is 10.9 Å². The fraction of sp³-hybridized carbons (Fsp3) is 0.150. The number of ether oxygens (including phenoxy) is 3. The zero-order valence-electron chi connectivity index (χ0n) is 15.7. The first-order valence-corrected chi connectivity index (χ1v) is 8.98. The van der Waals surface area contributed by atoms with E-state index >= 15 is 0 Å². The molecule has 0 aliphatic heterocycles.